The maximum absolute atomic E-state index is 12.2. The van der Waals surface area contributed by atoms with E-state index in [2.05, 4.69) is 24.1 Å². The molecule has 0 unspecified atom stereocenters. The van der Waals surface area contributed by atoms with Gasteiger partial charge in [-0.25, -0.2) is 0 Å². The van der Waals surface area contributed by atoms with Crippen molar-refractivity contribution < 1.29 is 4.79 Å². The number of carbonyl (C=O) groups is 1. The van der Waals surface area contributed by atoms with Crippen LogP contribution >= 0.6 is 0 Å². The Kier molecular flexibility index (Phi) is 4.24. The molecule has 0 bridgehead atoms. The molecule has 1 aliphatic rings. The smallest absolute Gasteiger partial charge is 0.251 e. The summed E-state index contributed by atoms with van der Waals surface area (Å²) >= 11 is 0. The van der Waals surface area contributed by atoms with Crippen LogP contribution in [0.3, 0.4) is 0 Å². The Bertz CT molecular complexity index is 498. The van der Waals surface area contributed by atoms with Crippen LogP contribution in [0.5, 0.6) is 0 Å². The number of amides is 1. The van der Waals surface area contributed by atoms with E-state index in [1.807, 2.05) is 24.3 Å². The molecule has 0 heterocycles. The van der Waals surface area contributed by atoms with Crippen LogP contribution in [-0.2, 0) is 0 Å². The summed E-state index contributed by atoms with van der Waals surface area (Å²) in [5.41, 5.74) is 6.94. The lowest BCUT2D eigenvalue weighted by Crippen LogP contribution is -2.52. The SMILES string of the molecule is CCC1(NC(=O)c2ccc(C#CCN)cc2)CCC1. The molecule has 1 aromatic carbocycles. The first-order chi connectivity index (χ1) is 9.19. The zero-order chi connectivity index (χ0) is 13.7. The minimum absolute atomic E-state index is 0.0138. The van der Waals surface area contributed by atoms with E-state index in [0.29, 0.717) is 12.1 Å². The maximum atomic E-state index is 12.2. The molecule has 1 amide bonds. The van der Waals surface area contributed by atoms with Crippen molar-refractivity contribution >= 4 is 5.91 Å². The van der Waals surface area contributed by atoms with Crippen LogP contribution < -0.4 is 11.1 Å². The van der Waals surface area contributed by atoms with Gasteiger partial charge in [-0.1, -0.05) is 18.8 Å². The van der Waals surface area contributed by atoms with E-state index in [0.717, 1.165) is 24.8 Å². The predicted molar refractivity (Wildman–Crippen MR) is 76.7 cm³/mol. The first-order valence-corrected chi connectivity index (χ1v) is 6.81. The number of rotatable bonds is 3. The molecular formula is C16H20N2O. The number of benzene rings is 1. The molecule has 1 fully saturated rings. The third-order valence-electron chi connectivity index (χ3n) is 3.85. The van der Waals surface area contributed by atoms with Crippen molar-refractivity contribution in [2.75, 3.05) is 6.54 Å². The molecule has 100 valence electrons. The highest BCUT2D eigenvalue weighted by Gasteiger charge is 2.36. The second kappa shape index (κ2) is 5.90. The molecule has 3 nitrogen and oxygen atoms in total. The zero-order valence-electron chi connectivity index (χ0n) is 11.3. The van der Waals surface area contributed by atoms with Gasteiger partial charge in [-0.2, -0.15) is 0 Å². The van der Waals surface area contributed by atoms with E-state index in [1.165, 1.54) is 6.42 Å². The second-order valence-corrected chi connectivity index (χ2v) is 5.02. The fourth-order valence-corrected chi connectivity index (χ4v) is 2.34. The Morgan fingerprint density at radius 2 is 2.05 bits per heavy atom. The van der Waals surface area contributed by atoms with E-state index < -0.39 is 0 Å². The Balaban J connectivity index is 2.03. The van der Waals surface area contributed by atoms with E-state index in [1.54, 1.807) is 0 Å². The van der Waals surface area contributed by atoms with Gasteiger partial charge in [-0.3, -0.25) is 4.79 Å². The van der Waals surface area contributed by atoms with Crippen LogP contribution in [0.1, 0.15) is 48.5 Å². The van der Waals surface area contributed by atoms with Crippen molar-refractivity contribution in [3.8, 4) is 11.8 Å². The Labute approximate surface area is 114 Å². The number of nitrogens with two attached hydrogens (primary N) is 1. The molecule has 2 rings (SSSR count). The van der Waals surface area contributed by atoms with Crippen LogP contribution in [0.4, 0.5) is 0 Å². The molecule has 0 aliphatic heterocycles. The van der Waals surface area contributed by atoms with E-state index in [4.69, 9.17) is 5.73 Å². The fourth-order valence-electron chi connectivity index (χ4n) is 2.34. The highest BCUT2D eigenvalue weighted by molar-refractivity contribution is 5.94. The van der Waals surface area contributed by atoms with Gasteiger partial charge in [0.1, 0.15) is 0 Å². The monoisotopic (exact) mass is 256 g/mol. The van der Waals surface area contributed by atoms with Gasteiger partial charge < -0.3 is 11.1 Å². The molecule has 3 heteroatoms. The van der Waals surface area contributed by atoms with Crippen molar-refractivity contribution in [2.45, 2.75) is 38.1 Å². The third-order valence-corrected chi connectivity index (χ3v) is 3.85. The van der Waals surface area contributed by atoms with Crippen LogP contribution in [0.25, 0.3) is 0 Å². The van der Waals surface area contributed by atoms with Gasteiger partial charge in [0, 0.05) is 16.7 Å². The first kappa shape index (κ1) is 13.6. The molecule has 0 radical (unpaired) electrons. The molecule has 0 atom stereocenters. The predicted octanol–water partition coefficient (Wildman–Crippen LogP) is 2.06. The third kappa shape index (κ3) is 3.15. The Hall–Kier alpha value is -1.79. The Morgan fingerprint density at radius 3 is 2.53 bits per heavy atom. The average molecular weight is 256 g/mol. The van der Waals surface area contributed by atoms with Crippen molar-refractivity contribution in [1.82, 2.24) is 5.32 Å². The van der Waals surface area contributed by atoms with Crippen molar-refractivity contribution in [2.24, 2.45) is 5.73 Å². The fraction of sp³-hybridized carbons (Fsp3) is 0.438. The largest absolute Gasteiger partial charge is 0.347 e. The van der Waals surface area contributed by atoms with Gasteiger partial charge in [0.25, 0.3) is 5.91 Å². The van der Waals surface area contributed by atoms with Crippen LogP contribution in [-0.4, -0.2) is 18.0 Å². The number of nitrogens with one attached hydrogen (secondary N) is 1. The van der Waals surface area contributed by atoms with Gasteiger partial charge >= 0.3 is 0 Å². The normalized spacial score (nSPS) is 15.9. The van der Waals surface area contributed by atoms with Gasteiger partial charge in [0.15, 0.2) is 0 Å². The van der Waals surface area contributed by atoms with Crippen molar-refractivity contribution in [3.63, 3.8) is 0 Å². The van der Waals surface area contributed by atoms with Gasteiger partial charge in [0.05, 0.1) is 6.54 Å². The summed E-state index contributed by atoms with van der Waals surface area (Å²) in [7, 11) is 0. The summed E-state index contributed by atoms with van der Waals surface area (Å²) in [6.07, 6.45) is 4.39. The van der Waals surface area contributed by atoms with Gasteiger partial charge in [-0.15, -0.1) is 0 Å². The quantitative estimate of drug-likeness (QED) is 0.813. The summed E-state index contributed by atoms with van der Waals surface area (Å²) in [4.78, 5) is 12.2. The summed E-state index contributed by atoms with van der Waals surface area (Å²) in [6, 6.07) is 7.35. The van der Waals surface area contributed by atoms with Crippen molar-refractivity contribution in [1.29, 1.82) is 0 Å². The summed E-state index contributed by atoms with van der Waals surface area (Å²) in [6.45, 7) is 2.48. The van der Waals surface area contributed by atoms with Crippen molar-refractivity contribution in [3.05, 3.63) is 35.4 Å². The molecule has 0 aromatic heterocycles. The van der Waals surface area contributed by atoms with Crippen LogP contribution in [0.15, 0.2) is 24.3 Å². The molecule has 19 heavy (non-hydrogen) atoms. The number of hydrogen-bond donors (Lipinski definition) is 2. The summed E-state index contributed by atoms with van der Waals surface area (Å²) in [5, 5.41) is 3.16. The standard InChI is InChI=1S/C16H20N2O/c1-2-16(10-4-11-16)18-15(19)14-8-6-13(7-9-14)5-3-12-17/h6-9H,2,4,10-12,17H2,1H3,(H,18,19). The summed E-state index contributed by atoms with van der Waals surface area (Å²) < 4.78 is 0. The molecule has 0 saturated heterocycles. The molecular weight excluding hydrogens is 236 g/mol. The topological polar surface area (TPSA) is 55.1 Å². The Morgan fingerprint density at radius 1 is 1.37 bits per heavy atom. The van der Waals surface area contributed by atoms with E-state index in [9.17, 15) is 4.79 Å². The second-order valence-electron chi connectivity index (χ2n) is 5.02. The lowest BCUT2D eigenvalue weighted by atomic mass is 9.74. The van der Waals surface area contributed by atoms with Gasteiger partial charge in [0.2, 0.25) is 0 Å². The van der Waals surface area contributed by atoms with E-state index in [-0.39, 0.29) is 11.4 Å². The molecule has 0 spiro atoms. The maximum Gasteiger partial charge on any atom is 0.251 e. The van der Waals surface area contributed by atoms with Gasteiger partial charge in [-0.05, 0) is 49.9 Å². The lowest BCUT2D eigenvalue weighted by molar-refractivity contribution is 0.0820. The minimum atomic E-state index is 0.0138. The first-order valence-electron chi connectivity index (χ1n) is 6.81. The highest BCUT2D eigenvalue weighted by Crippen LogP contribution is 2.34. The average Bonchev–Trinajstić information content (AvgIpc) is 2.41. The molecule has 1 saturated carbocycles. The number of carbonyl (C=O) groups excluding carboxylic acids is 1. The minimum Gasteiger partial charge on any atom is -0.347 e. The lowest BCUT2D eigenvalue weighted by Gasteiger charge is -2.42. The molecule has 1 aromatic rings. The summed E-state index contributed by atoms with van der Waals surface area (Å²) in [5.74, 6) is 5.76. The highest BCUT2D eigenvalue weighted by atomic mass is 16.1. The number of hydrogen-bond acceptors (Lipinski definition) is 2. The molecule has 3 N–H and O–H groups in total. The van der Waals surface area contributed by atoms with Crippen LogP contribution in [0.2, 0.25) is 0 Å². The molecule has 1 aliphatic carbocycles. The van der Waals surface area contributed by atoms with E-state index >= 15 is 0 Å². The van der Waals surface area contributed by atoms with Crippen LogP contribution in [0, 0.1) is 11.8 Å². The zero-order valence-corrected chi connectivity index (χ0v) is 11.3.